The van der Waals surface area contributed by atoms with E-state index in [4.69, 9.17) is 10.5 Å². The normalized spacial score (nSPS) is 15.3. The first-order valence-electron chi connectivity index (χ1n) is 9.51. The number of nitrogens with zero attached hydrogens (tertiary/aromatic N) is 2. The number of ether oxygens (including phenoxy) is 1. The lowest BCUT2D eigenvalue weighted by atomic mass is 10.1. The van der Waals surface area contributed by atoms with Gasteiger partial charge < -0.3 is 15.4 Å². The van der Waals surface area contributed by atoms with Crippen LogP contribution in [0.2, 0.25) is 0 Å². The Morgan fingerprint density at radius 1 is 1.10 bits per heavy atom. The summed E-state index contributed by atoms with van der Waals surface area (Å²) in [4.78, 5) is 32.3. The van der Waals surface area contributed by atoms with Gasteiger partial charge in [0.1, 0.15) is 10.8 Å². The number of fused-ring (bicyclic) bond motifs is 1. The van der Waals surface area contributed by atoms with E-state index in [0.717, 1.165) is 4.90 Å². The van der Waals surface area contributed by atoms with Crippen LogP contribution in [-0.4, -0.2) is 29.4 Å². The Bertz CT molecular complexity index is 1130. The maximum absolute atomic E-state index is 13.5. The molecule has 0 fully saturated rings. The van der Waals surface area contributed by atoms with E-state index in [1.807, 2.05) is 12.1 Å². The van der Waals surface area contributed by atoms with Crippen LogP contribution in [0.3, 0.4) is 0 Å². The molecule has 1 atom stereocenters. The van der Waals surface area contributed by atoms with Crippen molar-refractivity contribution in [3.05, 3.63) is 77.5 Å². The van der Waals surface area contributed by atoms with E-state index in [1.165, 1.54) is 27.8 Å². The highest BCUT2D eigenvalue weighted by atomic mass is 32.2. The first kappa shape index (κ1) is 20.0. The third-order valence-corrected chi connectivity index (χ3v) is 6.04. The molecule has 6 nitrogen and oxygen atoms in total. The van der Waals surface area contributed by atoms with Crippen LogP contribution in [-0.2, 0) is 4.79 Å². The number of hydrogen-bond donors (Lipinski definition) is 1. The molecule has 1 aliphatic rings. The van der Waals surface area contributed by atoms with E-state index in [9.17, 15) is 9.59 Å². The number of para-hydroxylation sites is 2. The number of hydrogen-bond acceptors (Lipinski definition) is 5. The van der Waals surface area contributed by atoms with E-state index >= 15 is 0 Å². The average molecular weight is 420 g/mol. The SMILES string of the molecule is Cc1ccc(Sc2ncccc2C(=O)N2C[C@H](C(N)=O)Oc3ccccc32)cc1C. The second kappa shape index (κ2) is 8.20. The maximum Gasteiger partial charge on any atom is 0.261 e. The summed E-state index contributed by atoms with van der Waals surface area (Å²) >= 11 is 1.44. The zero-order chi connectivity index (χ0) is 21.3. The highest BCUT2D eigenvalue weighted by Crippen LogP contribution is 2.36. The first-order chi connectivity index (χ1) is 14.4. The molecular weight excluding hydrogens is 398 g/mol. The van der Waals surface area contributed by atoms with Gasteiger partial charge in [0.2, 0.25) is 0 Å². The van der Waals surface area contributed by atoms with Crippen LogP contribution in [0.15, 0.2) is 70.7 Å². The van der Waals surface area contributed by atoms with Gasteiger partial charge in [0.25, 0.3) is 11.8 Å². The van der Waals surface area contributed by atoms with Crippen molar-refractivity contribution in [2.45, 2.75) is 29.9 Å². The fourth-order valence-electron chi connectivity index (χ4n) is 3.24. The van der Waals surface area contributed by atoms with Gasteiger partial charge in [0.15, 0.2) is 6.10 Å². The second-order valence-corrected chi connectivity index (χ2v) is 8.16. The van der Waals surface area contributed by atoms with E-state index < -0.39 is 12.0 Å². The summed E-state index contributed by atoms with van der Waals surface area (Å²) < 4.78 is 5.67. The standard InChI is InChI=1S/C23H21N3O3S/c1-14-9-10-16(12-15(14)2)30-22-17(6-5-11-25-22)23(28)26-13-20(21(24)27)29-19-8-4-3-7-18(19)26/h3-12,20H,13H2,1-2H3,(H2,24,27)/t20-/m1/s1. The number of anilines is 1. The molecule has 7 heteroatoms. The van der Waals surface area contributed by atoms with Gasteiger partial charge in [0, 0.05) is 11.1 Å². The van der Waals surface area contributed by atoms with Crippen molar-refractivity contribution >= 4 is 29.3 Å². The van der Waals surface area contributed by atoms with Crippen LogP contribution >= 0.6 is 11.8 Å². The quantitative estimate of drug-likeness (QED) is 0.696. The molecule has 1 aromatic heterocycles. The van der Waals surface area contributed by atoms with Crippen LogP contribution in [0, 0.1) is 13.8 Å². The predicted molar refractivity (Wildman–Crippen MR) is 116 cm³/mol. The van der Waals surface area contributed by atoms with E-state index in [2.05, 4.69) is 31.0 Å². The molecule has 0 radical (unpaired) electrons. The summed E-state index contributed by atoms with van der Waals surface area (Å²) in [6, 6.07) is 16.7. The molecule has 3 aromatic rings. The summed E-state index contributed by atoms with van der Waals surface area (Å²) in [6.07, 6.45) is 0.760. The van der Waals surface area contributed by atoms with E-state index in [-0.39, 0.29) is 12.5 Å². The minimum Gasteiger partial charge on any atom is -0.477 e. The van der Waals surface area contributed by atoms with Gasteiger partial charge in [0.05, 0.1) is 17.8 Å². The zero-order valence-electron chi connectivity index (χ0n) is 16.7. The van der Waals surface area contributed by atoms with Crippen LogP contribution in [0.5, 0.6) is 5.75 Å². The molecule has 4 rings (SSSR count). The van der Waals surface area contributed by atoms with Crippen LogP contribution in [0.1, 0.15) is 21.5 Å². The predicted octanol–water partition coefficient (Wildman–Crippen LogP) is 3.74. The number of rotatable bonds is 4. The molecule has 0 saturated carbocycles. The lowest BCUT2D eigenvalue weighted by Crippen LogP contribution is -2.49. The molecule has 2 N–H and O–H groups in total. The molecule has 0 bridgehead atoms. The zero-order valence-corrected chi connectivity index (χ0v) is 17.5. The number of aromatic nitrogens is 1. The third kappa shape index (κ3) is 3.89. The maximum atomic E-state index is 13.5. The van der Waals surface area contributed by atoms with Gasteiger partial charge in [-0.1, -0.05) is 30.0 Å². The topological polar surface area (TPSA) is 85.5 Å². The highest BCUT2D eigenvalue weighted by Gasteiger charge is 2.34. The van der Waals surface area contributed by atoms with Crippen LogP contribution < -0.4 is 15.4 Å². The highest BCUT2D eigenvalue weighted by molar-refractivity contribution is 7.99. The summed E-state index contributed by atoms with van der Waals surface area (Å²) in [5.74, 6) is -0.414. The fourth-order valence-corrected chi connectivity index (χ4v) is 4.22. The Morgan fingerprint density at radius 2 is 1.90 bits per heavy atom. The molecule has 0 spiro atoms. The van der Waals surface area contributed by atoms with Crippen molar-refractivity contribution in [1.82, 2.24) is 4.98 Å². The summed E-state index contributed by atoms with van der Waals surface area (Å²) in [6.45, 7) is 4.16. The fraction of sp³-hybridized carbons (Fsp3) is 0.174. The van der Waals surface area contributed by atoms with Crippen LogP contribution in [0.4, 0.5) is 5.69 Å². The molecule has 30 heavy (non-hydrogen) atoms. The van der Waals surface area contributed by atoms with Crippen molar-refractivity contribution in [3.63, 3.8) is 0 Å². The van der Waals surface area contributed by atoms with Gasteiger partial charge in [-0.25, -0.2) is 4.98 Å². The van der Waals surface area contributed by atoms with Crippen molar-refractivity contribution in [3.8, 4) is 5.75 Å². The minimum atomic E-state index is -0.906. The Labute approximate surface area is 179 Å². The monoisotopic (exact) mass is 419 g/mol. The Morgan fingerprint density at radius 3 is 2.67 bits per heavy atom. The number of benzene rings is 2. The molecule has 2 amide bonds. The van der Waals surface area contributed by atoms with Gasteiger partial charge in [-0.2, -0.15) is 0 Å². The lowest BCUT2D eigenvalue weighted by molar-refractivity contribution is -0.124. The number of nitrogens with two attached hydrogens (primary N) is 1. The minimum absolute atomic E-state index is 0.0494. The molecule has 0 aliphatic carbocycles. The Kier molecular flexibility index (Phi) is 5.46. The van der Waals surface area contributed by atoms with Gasteiger partial charge in [-0.05, 0) is 61.4 Å². The molecule has 2 heterocycles. The lowest BCUT2D eigenvalue weighted by Gasteiger charge is -2.33. The van der Waals surface area contributed by atoms with Crippen molar-refractivity contribution in [1.29, 1.82) is 0 Å². The largest absolute Gasteiger partial charge is 0.477 e. The molecular formula is C23H21N3O3S. The van der Waals surface area contributed by atoms with Crippen molar-refractivity contribution in [2.24, 2.45) is 5.73 Å². The number of amides is 2. The van der Waals surface area contributed by atoms with Gasteiger partial charge >= 0.3 is 0 Å². The van der Waals surface area contributed by atoms with Crippen molar-refractivity contribution in [2.75, 3.05) is 11.4 Å². The molecule has 0 unspecified atom stereocenters. The number of pyridine rings is 1. The molecule has 0 saturated heterocycles. The molecule has 152 valence electrons. The molecule has 1 aliphatic heterocycles. The smallest absolute Gasteiger partial charge is 0.261 e. The number of carbonyl (C=O) groups is 2. The Hall–Kier alpha value is -3.32. The third-order valence-electron chi connectivity index (χ3n) is 5.03. The van der Waals surface area contributed by atoms with Gasteiger partial charge in [-0.3, -0.25) is 9.59 Å². The first-order valence-corrected chi connectivity index (χ1v) is 10.3. The summed E-state index contributed by atoms with van der Waals surface area (Å²) in [5, 5.41) is 0.602. The molecule has 2 aromatic carbocycles. The van der Waals surface area contributed by atoms with E-state index in [0.29, 0.717) is 22.0 Å². The Balaban J connectivity index is 1.70. The van der Waals surface area contributed by atoms with Crippen molar-refractivity contribution < 1.29 is 14.3 Å². The number of aryl methyl sites for hydroxylation is 2. The summed E-state index contributed by atoms with van der Waals surface area (Å²) in [5.41, 5.74) is 8.91. The number of primary amides is 1. The van der Waals surface area contributed by atoms with Gasteiger partial charge in [-0.15, -0.1) is 0 Å². The second-order valence-electron chi connectivity index (χ2n) is 7.10. The number of carbonyl (C=O) groups excluding carboxylic acids is 2. The summed E-state index contributed by atoms with van der Waals surface area (Å²) in [7, 11) is 0. The average Bonchev–Trinajstić information content (AvgIpc) is 2.75. The van der Waals surface area contributed by atoms with Crippen LogP contribution in [0.25, 0.3) is 0 Å². The van der Waals surface area contributed by atoms with E-state index in [1.54, 1.807) is 36.5 Å².